The van der Waals surface area contributed by atoms with Crippen molar-refractivity contribution < 1.29 is 13.2 Å². The molecule has 3 N–H and O–H groups in total. The minimum absolute atomic E-state index is 0.0594. The molecule has 0 saturated heterocycles. The largest absolute Gasteiger partial charge is 0.331 e. The number of benzene rings is 2. The maximum absolute atomic E-state index is 12.8. The van der Waals surface area contributed by atoms with E-state index in [1.165, 1.54) is 17.7 Å². The molecular weight excluding hydrogens is 412 g/mol. The highest BCUT2D eigenvalue weighted by Gasteiger charge is 2.18. The van der Waals surface area contributed by atoms with Crippen LogP contribution in [-0.2, 0) is 28.7 Å². The van der Waals surface area contributed by atoms with Gasteiger partial charge in [-0.25, -0.2) is 13.2 Å². The van der Waals surface area contributed by atoms with Crippen molar-refractivity contribution in [2.24, 2.45) is 0 Å². The Hall–Kier alpha value is -3.23. The first-order valence-electron chi connectivity index (χ1n) is 10.0. The summed E-state index contributed by atoms with van der Waals surface area (Å²) in [5, 5.41) is 8.82. The van der Waals surface area contributed by atoms with Crippen LogP contribution in [0, 0.1) is 0 Å². The van der Waals surface area contributed by atoms with Crippen LogP contribution in [0.25, 0.3) is 0 Å². The third kappa shape index (κ3) is 5.10. The number of sulfone groups is 1. The molecule has 7 nitrogen and oxygen atoms in total. The molecule has 1 atom stereocenters. The lowest BCUT2D eigenvalue weighted by Crippen LogP contribution is -2.31. The first-order chi connectivity index (χ1) is 14.9. The number of amides is 2. The van der Waals surface area contributed by atoms with Crippen molar-refractivity contribution >= 4 is 21.6 Å². The van der Waals surface area contributed by atoms with Gasteiger partial charge in [-0.1, -0.05) is 24.3 Å². The van der Waals surface area contributed by atoms with Crippen molar-refractivity contribution in [2.45, 2.75) is 36.7 Å². The number of urea groups is 1. The summed E-state index contributed by atoms with van der Waals surface area (Å²) < 4.78 is 25.6. The second-order valence-electron chi connectivity index (χ2n) is 7.60. The van der Waals surface area contributed by atoms with Crippen molar-refractivity contribution in [2.75, 3.05) is 5.32 Å². The molecule has 31 heavy (non-hydrogen) atoms. The van der Waals surface area contributed by atoms with Crippen LogP contribution in [0.4, 0.5) is 10.5 Å². The predicted octanol–water partition coefficient (Wildman–Crippen LogP) is 3.54. The van der Waals surface area contributed by atoms with E-state index in [9.17, 15) is 13.2 Å². The Morgan fingerprint density at radius 1 is 1.10 bits per heavy atom. The van der Waals surface area contributed by atoms with Gasteiger partial charge in [0.15, 0.2) is 9.84 Å². The van der Waals surface area contributed by atoms with Crippen LogP contribution in [0.15, 0.2) is 71.9 Å². The second kappa shape index (κ2) is 8.87. The van der Waals surface area contributed by atoms with E-state index in [0.717, 1.165) is 29.8 Å². The number of hydrogen-bond donors (Lipinski definition) is 3. The summed E-state index contributed by atoms with van der Waals surface area (Å²) >= 11 is 0. The van der Waals surface area contributed by atoms with Crippen LogP contribution in [0.5, 0.6) is 0 Å². The van der Waals surface area contributed by atoms with E-state index >= 15 is 0 Å². The minimum atomic E-state index is -3.49. The number of hydrogen-bond acceptors (Lipinski definition) is 5. The van der Waals surface area contributed by atoms with Crippen LogP contribution < -0.4 is 16.0 Å². The van der Waals surface area contributed by atoms with E-state index in [2.05, 4.69) is 20.9 Å². The van der Waals surface area contributed by atoms with Crippen molar-refractivity contribution in [3.63, 3.8) is 0 Å². The van der Waals surface area contributed by atoms with Crippen molar-refractivity contribution in [3.05, 3.63) is 89.2 Å². The Balaban J connectivity index is 1.38. The molecule has 0 aliphatic carbocycles. The van der Waals surface area contributed by atoms with Crippen molar-refractivity contribution in [1.82, 2.24) is 15.6 Å². The van der Waals surface area contributed by atoms with Crippen LogP contribution >= 0.6 is 0 Å². The molecule has 2 heterocycles. The van der Waals surface area contributed by atoms with Gasteiger partial charge in [0.2, 0.25) is 0 Å². The normalized spacial score (nSPS) is 14.0. The molecule has 0 radical (unpaired) electrons. The fourth-order valence-corrected chi connectivity index (χ4v) is 4.90. The van der Waals surface area contributed by atoms with Gasteiger partial charge in [-0.2, -0.15) is 0 Å². The third-order valence-electron chi connectivity index (χ3n) is 5.26. The van der Waals surface area contributed by atoms with Gasteiger partial charge >= 0.3 is 6.03 Å². The van der Waals surface area contributed by atoms with E-state index in [4.69, 9.17) is 0 Å². The van der Waals surface area contributed by atoms with Crippen LogP contribution in [0.1, 0.15) is 35.2 Å². The Morgan fingerprint density at radius 2 is 1.87 bits per heavy atom. The lowest BCUT2D eigenvalue weighted by molar-refractivity contribution is 0.249. The number of carbonyl (C=O) groups excluding carboxylic acids is 1. The van der Waals surface area contributed by atoms with Gasteiger partial charge in [-0.05, 0) is 59.5 Å². The zero-order valence-corrected chi connectivity index (χ0v) is 17.9. The predicted molar refractivity (Wildman–Crippen MR) is 119 cm³/mol. The van der Waals surface area contributed by atoms with Crippen LogP contribution in [0.2, 0.25) is 0 Å². The molecule has 2 amide bonds. The van der Waals surface area contributed by atoms with Crippen LogP contribution in [0.3, 0.4) is 0 Å². The molecule has 2 aromatic carbocycles. The first kappa shape index (κ1) is 21.0. The topological polar surface area (TPSA) is 100 Å². The first-order valence-corrected chi connectivity index (χ1v) is 11.7. The van der Waals surface area contributed by atoms with E-state index in [1.807, 2.05) is 37.3 Å². The zero-order valence-electron chi connectivity index (χ0n) is 17.1. The summed E-state index contributed by atoms with van der Waals surface area (Å²) in [6, 6.07) is 15.1. The number of pyridine rings is 1. The Labute approximate surface area is 181 Å². The maximum atomic E-state index is 12.8. The number of fused-ring (bicyclic) bond motifs is 1. The number of nitrogens with one attached hydrogen (secondary N) is 3. The standard InChI is InChI=1S/C23H24N4O3S/c1-16(18-3-2-10-24-12-18)26-23(28)27-21-6-8-22(9-7-21)31(29,30)15-17-4-5-19-13-25-14-20(19)11-17/h2-12,16,25H,13-15H2,1H3,(H2,26,27,28). The van der Waals surface area contributed by atoms with E-state index < -0.39 is 9.84 Å². The molecule has 0 bridgehead atoms. The van der Waals surface area contributed by atoms with Gasteiger partial charge < -0.3 is 16.0 Å². The fourth-order valence-electron chi connectivity index (χ4n) is 3.57. The SMILES string of the molecule is CC(NC(=O)Nc1ccc(S(=O)(=O)Cc2ccc3c(c2)CNC3)cc1)c1cccnc1. The number of rotatable bonds is 6. The summed E-state index contributed by atoms with van der Waals surface area (Å²) in [5.74, 6) is -0.0594. The number of aromatic nitrogens is 1. The summed E-state index contributed by atoms with van der Waals surface area (Å²) in [6.07, 6.45) is 3.37. The molecule has 0 saturated carbocycles. The lowest BCUT2D eigenvalue weighted by atomic mass is 10.1. The highest BCUT2D eigenvalue weighted by Crippen LogP contribution is 2.22. The molecule has 8 heteroatoms. The smallest absolute Gasteiger partial charge is 0.319 e. The molecule has 4 rings (SSSR count). The van der Waals surface area contributed by atoms with Gasteiger partial charge in [0.1, 0.15) is 0 Å². The number of nitrogens with zero attached hydrogens (tertiary/aromatic N) is 1. The zero-order chi connectivity index (χ0) is 21.8. The van der Waals surface area contributed by atoms with E-state index in [1.54, 1.807) is 24.5 Å². The molecule has 160 valence electrons. The molecule has 0 spiro atoms. The van der Waals surface area contributed by atoms with Gasteiger partial charge in [-0.3, -0.25) is 4.98 Å². The maximum Gasteiger partial charge on any atom is 0.319 e. The molecule has 0 fully saturated rings. The highest BCUT2D eigenvalue weighted by atomic mass is 32.2. The van der Waals surface area contributed by atoms with Gasteiger partial charge in [0.25, 0.3) is 0 Å². The summed E-state index contributed by atoms with van der Waals surface area (Å²) in [5.41, 5.74) is 4.54. The fraction of sp³-hybridized carbons (Fsp3) is 0.217. The van der Waals surface area contributed by atoms with Crippen molar-refractivity contribution in [1.29, 1.82) is 0 Å². The van der Waals surface area contributed by atoms with Crippen LogP contribution in [-0.4, -0.2) is 19.4 Å². The molecule has 1 aliphatic rings. The number of carbonyl (C=O) groups is 1. The molecule has 3 aromatic rings. The Kier molecular flexibility index (Phi) is 6.01. The Bertz CT molecular complexity index is 1180. The van der Waals surface area contributed by atoms with Gasteiger partial charge in [0.05, 0.1) is 16.7 Å². The monoisotopic (exact) mass is 436 g/mol. The highest BCUT2D eigenvalue weighted by molar-refractivity contribution is 7.90. The minimum Gasteiger partial charge on any atom is -0.331 e. The Morgan fingerprint density at radius 3 is 2.61 bits per heavy atom. The number of anilines is 1. The third-order valence-corrected chi connectivity index (χ3v) is 6.97. The summed E-state index contributed by atoms with van der Waals surface area (Å²) in [6.45, 7) is 3.46. The average Bonchev–Trinajstić information content (AvgIpc) is 3.22. The van der Waals surface area contributed by atoms with E-state index in [0.29, 0.717) is 5.69 Å². The van der Waals surface area contributed by atoms with E-state index in [-0.39, 0.29) is 22.7 Å². The molecule has 1 unspecified atom stereocenters. The van der Waals surface area contributed by atoms with Gasteiger partial charge in [-0.15, -0.1) is 0 Å². The second-order valence-corrected chi connectivity index (χ2v) is 9.59. The lowest BCUT2D eigenvalue weighted by Gasteiger charge is -2.15. The van der Waals surface area contributed by atoms with Gasteiger partial charge in [0, 0.05) is 31.2 Å². The molecule has 1 aliphatic heterocycles. The van der Waals surface area contributed by atoms with Crippen molar-refractivity contribution in [3.8, 4) is 0 Å². The summed E-state index contributed by atoms with van der Waals surface area (Å²) in [7, 11) is -3.49. The molecular formula is C23H24N4O3S. The quantitative estimate of drug-likeness (QED) is 0.549. The molecule has 1 aromatic heterocycles. The average molecular weight is 437 g/mol. The summed E-state index contributed by atoms with van der Waals surface area (Å²) in [4.78, 5) is 16.5.